The molecule has 21 heavy (non-hydrogen) atoms. The van der Waals surface area contributed by atoms with Gasteiger partial charge in [0.1, 0.15) is 0 Å². The SMILES string of the molecule is CC(=O)NC(CC(=O)NCC1(CCO)CC1)c1cccs1. The van der Waals surface area contributed by atoms with Crippen LogP contribution in [0.2, 0.25) is 0 Å². The quantitative estimate of drug-likeness (QED) is 0.682. The highest BCUT2D eigenvalue weighted by Crippen LogP contribution is 2.47. The lowest BCUT2D eigenvalue weighted by Crippen LogP contribution is -2.35. The van der Waals surface area contributed by atoms with Crippen LogP contribution in [0.5, 0.6) is 0 Å². The molecular formula is C15H22N2O3S. The van der Waals surface area contributed by atoms with Gasteiger partial charge in [0.2, 0.25) is 11.8 Å². The van der Waals surface area contributed by atoms with Gasteiger partial charge in [-0.05, 0) is 36.1 Å². The predicted octanol–water partition coefficient (Wildman–Crippen LogP) is 1.59. The number of carbonyl (C=O) groups excluding carboxylic acids is 2. The molecule has 1 aliphatic carbocycles. The third kappa shape index (κ3) is 4.82. The molecule has 116 valence electrons. The molecule has 2 amide bonds. The number of rotatable bonds is 8. The van der Waals surface area contributed by atoms with E-state index in [1.54, 1.807) is 0 Å². The molecule has 1 atom stereocenters. The molecule has 1 aromatic rings. The Morgan fingerprint density at radius 1 is 1.48 bits per heavy atom. The van der Waals surface area contributed by atoms with Crippen molar-refractivity contribution in [1.29, 1.82) is 0 Å². The molecule has 0 aromatic carbocycles. The second-order valence-electron chi connectivity index (χ2n) is 5.72. The lowest BCUT2D eigenvalue weighted by Gasteiger charge is -2.18. The Morgan fingerprint density at radius 3 is 2.76 bits per heavy atom. The molecule has 6 heteroatoms. The summed E-state index contributed by atoms with van der Waals surface area (Å²) in [5.74, 6) is -0.202. The van der Waals surface area contributed by atoms with Crippen molar-refractivity contribution in [3.8, 4) is 0 Å². The molecule has 1 saturated carbocycles. The minimum absolute atomic E-state index is 0.0636. The molecule has 0 radical (unpaired) electrons. The van der Waals surface area contributed by atoms with Gasteiger partial charge in [0.25, 0.3) is 0 Å². The van der Waals surface area contributed by atoms with E-state index >= 15 is 0 Å². The molecule has 0 aliphatic heterocycles. The second kappa shape index (κ2) is 7.04. The molecule has 0 bridgehead atoms. The van der Waals surface area contributed by atoms with Crippen LogP contribution in [0.15, 0.2) is 17.5 Å². The van der Waals surface area contributed by atoms with Gasteiger partial charge in [0, 0.05) is 25.0 Å². The van der Waals surface area contributed by atoms with E-state index in [9.17, 15) is 9.59 Å². The highest BCUT2D eigenvalue weighted by atomic mass is 32.1. The van der Waals surface area contributed by atoms with Crippen molar-refractivity contribution in [2.24, 2.45) is 5.41 Å². The summed E-state index contributed by atoms with van der Waals surface area (Å²) < 4.78 is 0. The fourth-order valence-corrected chi connectivity index (χ4v) is 3.21. The van der Waals surface area contributed by atoms with Crippen LogP contribution in [-0.2, 0) is 9.59 Å². The number of aliphatic hydroxyl groups is 1. The Morgan fingerprint density at radius 2 is 2.24 bits per heavy atom. The number of hydrogen-bond acceptors (Lipinski definition) is 4. The van der Waals surface area contributed by atoms with Gasteiger partial charge in [-0.3, -0.25) is 9.59 Å². The molecule has 3 N–H and O–H groups in total. The van der Waals surface area contributed by atoms with E-state index in [0.717, 1.165) is 24.1 Å². The summed E-state index contributed by atoms with van der Waals surface area (Å²) in [5, 5.41) is 16.7. The fraction of sp³-hybridized carbons (Fsp3) is 0.600. The van der Waals surface area contributed by atoms with Crippen molar-refractivity contribution in [1.82, 2.24) is 10.6 Å². The van der Waals surface area contributed by atoms with Crippen LogP contribution in [0.1, 0.15) is 43.5 Å². The average Bonchev–Trinajstić information content (AvgIpc) is 2.98. The van der Waals surface area contributed by atoms with E-state index in [0.29, 0.717) is 6.54 Å². The molecule has 1 aliphatic rings. The topological polar surface area (TPSA) is 78.4 Å². The number of nitrogens with one attached hydrogen (secondary N) is 2. The van der Waals surface area contributed by atoms with Crippen molar-refractivity contribution in [3.05, 3.63) is 22.4 Å². The van der Waals surface area contributed by atoms with Crippen LogP contribution in [-0.4, -0.2) is 30.1 Å². The van der Waals surface area contributed by atoms with Crippen LogP contribution in [0.4, 0.5) is 0 Å². The Labute approximate surface area is 128 Å². The molecule has 0 spiro atoms. The van der Waals surface area contributed by atoms with Gasteiger partial charge in [0.15, 0.2) is 0 Å². The normalized spacial score (nSPS) is 17.0. The summed E-state index contributed by atoms with van der Waals surface area (Å²) in [7, 11) is 0. The van der Waals surface area contributed by atoms with Crippen LogP contribution in [0.3, 0.4) is 0 Å². The first-order valence-corrected chi connectivity index (χ1v) is 8.11. The van der Waals surface area contributed by atoms with Crippen molar-refractivity contribution in [3.63, 3.8) is 0 Å². The zero-order chi connectivity index (χ0) is 15.3. The maximum Gasteiger partial charge on any atom is 0.222 e. The average molecular weight is 310 g/mol. The van der Waals surface area contributed by atoms with Gasteiger partial charge in [0.05, 0.1) is 12.5 Å². The molecular weight excluding hydrogens is 288 g/mol. The van der Waals surface area contributed by atoms with E-state index in [2.05, 4.69) is 10.6 Å². The summed E-state index contributed by atoms with van der Waals surface area (Å²) in [6.45, 7) is 2.24. The first-order valence-electron chi connectivity index (χ1n) is 7.23. The van der Waals surface area contributed by atoms with Crippen molar-refractivity contribution < 1.29 is 14.7 Å². The van der Waals surface area contributed by atoms with Crippen LogP contribution < -0.4 is 10.6 Å². The molecule has 1 aromatic heterocycles. The number of hydrogen-bond donors (Lipinski definition) is 3. The Bertz CT molecular complexity index is 483. The van der Waals surface area contributed by atoms with Gasteiger partial charge in [-0.15, -0.1) is 11.3 Å². The van der Waals surface area contributed by atoms with Gasteiger partial charge in [-0.2, -0.15) is 0 Å². The van der Waals surface area contributed by atoms with E-state index < -0.39 is 0 Å². The Kier molecular flexibility index (Phi) is 5.36. The third-order valence-corrected chi connectivity index (χ3v) is 4.90. The Hall–Kier alpha value is -1.40. The van der Waals surface area contributed by atoms with Crippen LogP contribution in [0, 0.1) is 5.41 Å². The number of thiophene rings is 1. The van der Waals surface area contributed by atoms with Crippen LogP contribution in [0.25, 0.3) is 0 Å². The minimum atomic E-state index is -0.268. The molecule has 5 nitrogen and oxygen atoms in total. The summed E-state index contributed by atoms with van der Waals surface area (Å²) in [5.41, 5.74) is 0.108. The molecule has 1 heterocycles. The zero-order valence-corrected chi connectivity index (χ0v) is 13.0. The van der Waals surface area contributed by atoms with Gasteiger partial charge >= 0.3 is 0 Å². The highest BCUT2D eigenvalue weighted by molar-refractivity contribution is 7.10. The summed E-state index contributed by atoms with van der Waals surface area (Å²) in [6.07, 6.45) is 3.12. The highest BCUT2D eigenvalue weighted by Gasteiger charge is 2.41. The third-order valence-electron chi connectivity index (χ3n) is 3.91. The molecule has 0 saturated heterocycles. The van der Waals surface area contributed by atoms with Gasteiger partial charge in [-0.25, -0.2) is 0 Å². The lowest BCUT2D eigenvalue weighted by atomic mass is 10.0. The van der Waals surface area contributed by atoms with Crippen molar-refractivity contribution in [2.45, 2.75) is 38.6 Å². The first kappa shape index (κ1) is 16.0. The first-order chi connectivity index (χ1) is 10.0. The zero-order valence-electron chi connectivity index (χ0n) is 12.2. The van der Waals surface area contributed by atoms with E-state index in [-0.39, 0.29) is 36.3 Å². The number of amides is 2. The smallest absolute Gasteiger partial charge is 0.222 e. The molecule has 2 rings (SSSR count). The minimum Gasteiger partial charge on any atom is -0.396 e. The maximum absolute atomic E-state index is 12.1. The fourth-order valence-electron chi connectivity index (χ4n) is 2.43. The van der Waals surface area contributed by atoms with Gasteiger partial charge < -0.3 is 15.7 Å². The second-order valence-corrected chi connectivity index (χ2v) is 6.70. The maximum atomic E-state index is 12.1. The molecule has 1 unspecified atom stereocenters. The van der Waals surface area contributed by atoms with Crippen LogP contribution >= 0.6 is 11.3 Å². The monoisotopic (exact) mass is 310 g/mol. The van der Waals surface area contributed by atoms with Gasteiger partial charge in [-0.1, -0.05) is 6.07 Å². The Balaban J connectivity index is 1.85. The number of carbonyl (C=O) groups is 2. The van der Waals surface area contributed by atoms with E-state index in [4.69, 9.17) is 5.11 Å². The largest absolute Gasteiger partial charge is 0.396 e. The van der Waals surface area contributed by atoms with Crippen molar-refractivity contribution in [2.75, 3.05) is 13.2 Å². The van der Waals surface area contributed by atoms with E-state index in [1.807, 2.05) is 17.5 Å². The summed E-state index contributed by atoms with van der Waals surface area (Å²) in [6, 6.07) is 3.57. The summed E-state index contributed by atoms with van der Waals surface area (Å²) >= 11 is 1.53. The standard InChI is InChI=1S/C15H22N2O3S/c1-11(19)17-12(13-3-2-8-21-13)9-14(20)16-10-15(4-5-15)6-7-18/h2-3,8,12,18H,4-7,9-10H2,1H3,(H,16,20)(H,17,19). The van der Waals surface area contributed by atoms with Crippen molar-refractivity contribution >= 4 is 23.2 Å². The lowest BCUT2D eigenvalue weighted by molar-refractivity contribution is -0.123. The number of aliphatic hydroxyl groups excluding tert-OH is 1. The van der Waals surface area contributed by atoms with E-state index in [1.165, 1.54) is 18.3 Å². The predicted molar refractivity (Wildman–Crippen MR) is 81.9 cm³/mol. The molecule has 1 fully saturated rings. The summed E-state index contributed by atoms with van der Waals surface area (Å²) in [4.78, 5) is 24.3.